The second-order valence-electron chi connectivity index (χ2n) is 8.15. The van der Waals surface area contributed by atoms with Gasteiger partial charge in [-0.25, -0.2) is 0 Å². The molecule has 6 rings (SSSR count). The molecule has 0 bridgehead atoms. The normalized spacial score (nSPS) is 14.3. The van der Waals surface area contributed by atoms with Gasteiger partial charge in [-0.15, -0.1) is 0 Å². The first-order valence-corrected chi connectivity index (χ1v) is 12.8. The number of benzene rings is 5. The number of fused-ring (bicyclic) bond motifs is 2. The van der Waals surface area contributed by atoms with E-state index in [-0.39, 0.29) is 0 Å². The van der Waals surface area contributed by atoms with Gasteiger partial charge in [-0.2, -0.15) is 0 Å². The fourth-order valence-electron chi connectivity index (χ4n) is 5.28. The number of hydrogen-bond donors (Lipinski definition) is 0. The summed E-state index contributed by atoms with van der Waals surface area (Å²) >= 11 is 0. The predicted octanol–water partition coefficient (Wildman–Crippen LogP) is 5.40. The summed E-state index contributed by atoms with van der Waals surface area (Å²) in [6, 6.07) is 46.8. The first-order chi connectivity index (χ1) is 15.4. The van der Waals surface area contributed by atoms with Crippen LogP contribution in [0, 0.1) is 0 Å². The van der Waals surface area contributed by atoms with E-state index >= 15 is 0 Å². The Labute approximate surface area is 184 Å². The highest BCUT2D eigenvalue weighted by molar-refractivity contribution is 7.25. The second kappa shape index (κ2) is 7.23. The van der Waals surface area contributed by atoms with Gasteiger partial charge in [-0.05, 0) is 42.7 Å². The highest BCUT2D eigenvalue weighted by Gasteiger charge is 2.47. The van der Waals surface area contributed by atoms with Gasteiger partial charge in [0.25, 0.3) is 0 Å². The third-order valence-corrected chi connectivity index (χ3v) is 11.4. The van der Waals surface area contributed by atoms with Crippen molar-refractivity contribution in [2.45, 2.75) is 0 Å². The maximum atomic E-state index is 2.46. The maximum absolute atomic E-state index is 2.46. The van der Waals surface area contributed by atoms with Crippen molar-refractivity contribution in [3.63, 3.8) is 0 Å². The molecule has 0 unspecified atom stereocenters. The van der Waals surface area contributed by atoms with E-state index in [9.17, 15) is 0 Å². The fourth-order valence-corrected chi connectivity index (χ4v) is 10.5. The maximum Gasteiger partial charge on any atom is 0.180 e. The monoisotopic (exact) mass is 410 g/mol. The Morgan fingerprint density at radius 1 is 0.452 bits per heavy atom. The molecule has 1 aliphatic heterocycles. The van der Waals surface area contributed by atoms with Crippen LogP contribution in [-0.4, -0.2) is 8.07 Å². The molecule has 0 nitrogen and oxygen atoms in total. The van der Waals surface area contributed by atoms with Crippen LogP contribution >= 0.6 is 0 Å². The molecule has 5 aromatic rings. The third kappa shape index (κ3) is 2.67. The smallest absolute Gasteiger partial charge is 0.0623 e. The van der Waals surface area contributed by atoms with E-state index in [1.54, 1.807) is 0 Å². The molecule has 0 aromatic heterocycles. The summed E-state index contributed by atoms with van der Waals surface area (Å²) in [6.07, 6.45) is 2.46. The minimum atomic E-state index is -2.43. The first-order valence-electron chi connectivity index (χ1n) is 10.8. The van der Waals surface area contributed by atoms with Crippen molar-refractivity contribution in [2.24, 2.45) is 0 Å². The van der Waals surface area contributed by atoms with Crippen LogP contribution in [0.1, 0.15) is 11.1 Å². The lowest BCUT2D eigenvalue weighted by atomic mass is 10.0. The predicted molar refractivity (Wildman–Crippen MR) is 136 cm³/mol. The van der Waals surface area contributed by atoms with Gasteiger partial charge in [0.1, 0.15) is 0 Å². The average molecular weight is 411 g/mol. The zero-order valence-corrected chi connectivity index (χ0v) is 18.2. The van der Waals surface area contributed by atoms with Gasteiger partial charge >= 0.3 is 0 Å². The third-order valence-electron chi connectivity index (χ3n) is 6.56. The zero-order chi connectivity index (χ0) is 20.7. The number of hydrogen-bond acceptors (Lipinski definition) is 0. The molecule has 0 radical (unpaired) electrons. The molecule has 0 saturated heterocycles. The van der Waals surface area contributed by atoms with E-state index in [0.29, 0.717) is 0 Å². The molecule has 1 aliphatic rings. The highest BCUT2D eigenvalue weighted by Crippen LogP contribution is 2.37. The van der Waals surface area contributed by atoms with Crippen LogP contribution in [0.25, 0.3) is 22.0 Å². The van der Waals surface area contributed by atoms with E-state index in [2.05, 4.69) is 133 Å². The molecule has 146 valence electrons. The lowest BCUT2D eigenvalue weighted by molar-refractivity contribution is 1.67. The summed E-state index contributed by atoms with van der Waals surface area (Å²) in [6.45, 7) is 0. The van der Waals surface area contributed by atoms with E-state index in [0.717, 1.165) is 0 Å². The van der Waals surface area contributed by atoms with Gasteiger partial charge in [0.15, 0.2) is 8.07 Å². The lowest BCUT2D eigenvalue weighted by Crippen LogP contribution is -2.66. The quantitative estimate of drug-likeness (QED) is 0.349. The van der Waals surface area contributed by atoms with Crippen molar-refractivity contribution in [3.8, 4) is 0 Å². The van der Waals surface area contributed by atoms with Crippen LogP contribution in [0.15, 0.2) is 127 Å². The van der Waals surface area contributed by atoms with E-state index in [4.69, 9.17) is 0 Å². The van der Waals surface area contributed by atoms with Gasteiger partial charge in [0.2, 0.25) is 0 Å². The molecule has 0 amide bonds. The minimum absolute atomic E-state index is 1.29. The molecule has 0 spiro atoms. The summed E-state index contributed by atoms with van der Waals surface area (Å²) < 4.78 is 0. The van der Waals surface area contributed by atoms with Crippen LogP contribution in [0.2, 0.25) is 0 Å². The first kappa shape index (κ1) is 18.1. The van der Waals surface area contributed by atoms with Crippen LogP contribution in [0.5, 0.6) is 0 Å². The summed E-state index contributed by atoms with van der Waals surface area (Å²) in [5.41, 5.74) is 2.71. The van der Waals surface area contributed by atoms with Crippen molar-refractivity contribution in [1.29, 1.82) is 0 Å². The Bertz CT molecular complexity index is 1370. The standard InChI is InChI=1S/C30H22Si/c1-3-15-25(16-4-1)31(26-17-5-2-6-18-26)29-21-10-8-13-24(29)22-30(31)28-20-11-14-23-12-7-9-19-27(23)28/h1-22H. The summed E-state index contributed by atoms with van der Waals surface area (Å²) in [5, 5.41) is 8.45. The van der Waals surface area contributed by atoms with Gasteiger partial charge in [-0.1, -0.05) is 133 Å². The van der Waals surface area contributed by atoms with Crippen molar-refractivity contribution in [2.75, 3.05) is 0 Å². The van der Waals surface area contributed by atoms with Gasteiger partial charge in [0.05, 0.1) is 0 Å². The largest absolute Gasteiger partial charge is 0.180 e. The summed E-state index contributed by atoms with van der Waals surface area (Å²) in [7, 11) is -2.43. The van der Waals surface area contributed by atoms with E-state index in [1.807, 2.05) is 0 Å². The molecular weight excluding hydrogens is 388 g/mol. The average Bonchev–Trinajstić information content (AvgIpc) is 3.20. The molecule has 0 aliphatic carbocycles. The lowest BCUT2D eigenvalue weighted by Gasteiger charge is -2.34. The van der Waals surface area contributed by atoms with Gasteiger partial charge < -0.3 is 0 Å². The molecule has 31 heavy (non-hydrogen) atoms. The minimum Gasteiger partial charge on any atom is -0.0623 e. The Hall–Kier alpha value is -3.68. The molecule has 0 saturated carbocycles. The molecule has 5 aromatic carbocycles. The molecular formula is C30H22Si. The number of rotatable bonds is 3. The van der Waals surface area contributed by atoms with Crippen LogP contribution < -0.4 is 15.6 Å². The Morgan fingerprint density at radius 3 is 1.77 bits per heavy atom. The van der Waals surface area contributed by atoms with E-state index < -0.39 is 8.07 Å². The summed E-state index contributed by atoms with van der Waals surface area (Å²) in [5.74, 6) is 0. The van der Waals surface area contributed by atoms with Crippen molar-refractivity contribution >= 4 is 45.7 Å². The zero-order valence-electron chi connectivity index (χ0n) is 17.2. The van der Waals surface area contributed by atoms with Gasteiger partial charge in [-0.3, -0.25) is 0 Å². The Kier molecular flexibility index (Phi) is 4.22. The SMILES string of the molecule is C1=C(c2cccc3ccccc23)[Si](c2ccccc2)(c2ccccc2)c2ccccc21. The Morgan fingerprint density at radius 2 is 1.03 bits per heavy atom. The second-order valence-corrected chi connectivity index (χ2v) is 11.9. The van der Waals surface area contributed by atoms with Crippen molar-refractivity contribution < 1.29 is 0 Å². The van der Waals surface area contributed by atoms with E-state index in [1.165, 1.54) is 42.7 Å². The van der Waals surface area contributed by atoms with Crippen molar-refractivity contribution in [3.05, 3.63) is 139 Å². The summed E-state index contributed by atoms with van der Waals surface area (Å²) in [4.78, 5) is 0. The molecule has 0 fully saturated rings. The topological polar surface area (TPSA) is 0 Å². The molecule has 0 atom stereocenters. The van der Waals surface area contributed by atoms with Crippen LogP contribution in [-0.2, 0) is 0 Å². The molecule has 1 heteroatoms. The van der Waals surface area contributed by atoms with Crippen LogP contribution in [0.4, 0.5) is 0 Å². The van der Waals surface area contributed by atoms with Crippen LogP contribution in [0.3, 0.4) is 0 Å². The molecule has 1 heterocycles. The fraction of sp³-hybridized carbons (Fsp3) is 0. The van der Waals surface area contributed by atoms with Gasteiger partial charge in [0, 0.05) is 0 Å². The highest BCUT2D eigenvalue weighted by atomic mass is 28.3. The van der Waals surface area contributed by atoms with Crippen molar-refractivity contribution in [1.82, 2.24) is 0 Å². The molecule has 0 N–H and O–H groups in total. The Balaban J connectivity index is 1.77.